The lowest BCUT2D eigenvalue weighted by molar-refractivity contribution is 0.0340. The lowest BCUT2D eigenvalue weighted by Crippen LogP contribution is -2.41. The number of benzene rings is 1. The lowest BCUT2D eigenvalue weighted by atomic mass is 9.74. The SMILES string of the molecule is COc1cc(C2C(C#N)=C(N)OC3NNC(c4cccnc4)C32)cc(Br)c1O. The number of pyridine rings is 1. The molecule has 1 fully saturated rings. The molecule has 4 atom stereocenters. The predicted molar refractivity (Wildman–Crippen MR) is 104 cm³/mol. The van der Waals surface area contributed by atoms with Gasteiger partial charge in [0.15, 0.2) is 17.7 Å². The number of hydrogen-bond acceptors (Lipinski definition) is 8. The van der Waals surface area contributed by atoms with E-state index in [9.17, 15) is 10.4 Å². The number of hydrogen-bond donors (Lipinski definition) is 4. The number of methoxy groups -OCH3 is 1. The highest BCUT2D eigenvalue weighted by atomic mass is 79.9. The van der Waals surface area contributed by atoms with E-state index in [0.717, 1.165) is 11.1 Å². The van der Waals surface area contributed by atoms with Gasteiger partial charge >= 0.3 is 0 Å². The molecule has 0 radical (unpaired) electrons. The molecule has 0 amide bonds. The van der Waals surface area contributed by atoms with Crippen molar-refractivity contribution in [1.29, 1.82) is 5.26 Å². The predicted octanol–water partition coefficient (Wildman–Crippen LogP) is 2.16. The second-order valence-corrected chi connectivity index (χ2v) is 7.44. The number of allylic oxidation sites excluding steroid dienone is 1. The molecule has 2 aliphatic heterocycles. The molecule has 1 aromatic carbocycles. The zero-order valence-electron chi connectivity index (χ0n) is 14.9. The Labute approximate surface area is 170 Å². The normalized spacial score (nSPS) is 26.3. The molecule has 0 spiro atoms. The second kappa shape index (κ2) is 7.31. The number of nitriles is 1. The lowest BCUT2D eigenvalue weighted by Gasteiger charge is -2.36. The second-order valence-electron chi connectivity index (χ2n) is 6.59. The molecule has 3 heterocycles. The van der Waals surface area contributed by atoms with Crippen LogP contribution in [0.1, 0.15) is 23.1 Å². The van der Waals surface area contributed by atoms with Gasteiger partial charge in [0, 0.05) is 24.2 Å². The third kappa shape index (κ3) is 2.96. The third-order valence-electron chi connectivity index (χ3n) is 5.12. The Hall–Kier alpha value is -2.80. The van der Waals surface area contributed by atoms with Crippen LogP contribution in [0.25, 0.3) is 0 Å². The minimum absolute atomic E-state index is 0.00296. The van der Waals surface area contributed by atoms with Gasteiger partial charge in [-0.05, 0) is 45.3 Å². The van der Waals surface area contributed by atoms with Gasteiger partial charge in [0.1, 0.15) is 6.07 Å². The van der Waals surface area contributed by atoms with E-state index in [1.807, 2.05) is 12.1 Å². The third-order valence-corrected chi connectivity index (χ3v) is 5.73. The number of nitrogens with one attached hydrogen (secondary N) is 2. The number of hydrazine groups is 1. The zero-order valence-corrected chi connectivity index (χ0v) is 16.5. The monoisotopic (exact) mass is 443 g/mol. The minimum atomic E-state index is -0.439. The van der Waals surface area contributed by atoms with Gasteiger partial charge in [0.25, 0.3) is 0 Å². The van der Waals surface area contributed by atoms with Crippen molar-refractivity contribution in [2.45, 2.75) is 18.2 Å². The number of halogens is 1. The van der Waals surface area contributed by atoms with E-state index in [2.05, 4.69) is 37.8 Å². The minimum Gasteiger partial charge on any atom is -0.503 e. The van der Waals surface area contributed by atoms with E-state index in [4.69, 9.17) is 15.2 Å². The quantitative estimate of drug-likeness (QED) is 0.568. The summed E-state index contributed by atoms with van der Waals surface area (Å²) in [6.07, 6.45) is 3.05. The first kappa shape index (κ1) is 18.6. The smallest absolute Gasteiger partial charge is 0.200 e. The van der Waals surface area contributed by atoms with E-state index >= 15 is 0 Å². The number of phenols is 1. The molecule has 0 bridgehead atoms. The fourth-order valence-electron chi connectivity index (χ4n) is 3.87. The van der Waals surface area contributed by atoms with Crippen molar-refractivity contribution in [2.24, 2.45) is 11.7 Å². The van der Waals surface area contributed by atoms with Crippen LogP contribution in [0.15, 0.2) is 52.6 Å². The van der Waals surface area contributed by atoms with E-state index < -0.39 is 6.23 Å². The molecule has 1 aromatic heterocycles. The Morgan fingerprint density at radius 3 is 2.86 bits per heavy atom. The molecule has 0 aliphatic carbocycles. The Morgan fingerprint density at radius 2 is 2.18 bits per heavy atom. The number of ether oxygens (including phenoxy) is 2. The summed E-state index contributed by atoms with van der Waals surface area (Å²) in [7, 11) is 1.48. The molecule has 5 N–H and O–H groups in total. The number of nitrogens with zero attached hydrogens (tertiary/aromatic N) is 2. The molecular weight excluding hydrogens is 426 g/mol. The Kier molecular flexibility index (Phi) is 4.85. The standard InChI is InChI=1S/C19H18BrN5O3/c1-27-13-6-10(5-12(20)17(13)26)14-11(7-21)18(22)28-19-15(14)16(24-25-19)9-3-2-4-23-8-9/h2-6,8,14-16,19,24-26H,22H2,1H3. The number of aromatic hydroxyl groups is 1. The summed E-state index contributed by atoms with van der Waals surface area (Å²) in [5, 5.41) is 20.0. The first-order chi connectivity index (χ1) is 13.5. The molecule has 0 saturated carbocycles. The van der Waals surface area contributed by atoms with Crippen LogP contribution in [0.5, 0.6) is 11.5 Å². The molecule has 8 nitrogen and oxygen atoms in total. The van der Waals surface area contributed by atoms with Crippen molar-refractivity contribution in [3.8, 4) is 17.6 Å². The number of aromatic nitrogens is 1. The number of fused-ring (bicyclic) bond motifs is 1. The fraction of sp³-hybridized carbons (Fsp3) is 0.263. The Balaban J connectivity index is 1.87. The zero-order chi connectivity index (χ0) is 19.8. The molecule has 1 saturated heterocycles. The molecule has 144 valence electrons. The largest absolute Gasteiger partial charge is 0.503 e. The van der Waals surface area contributed by atoms with Gasteiger partial charge < -0.3 is 20.3 Å². The molecule has 4 rings (SSSR count). The van der Waals surface area contributed by atoms with Crippen molar-refractivity contribution >= 4 is 15.9 Å². The fourth-order valence-corrected chi connectivity index (χ4v) is 4.33. The molecule has 9 heteroatoms. The summed E-state index contributed by atoms with van der Waals surface area (Å²) >= 11 is 3.36. The molecule has 4 unspecified atom stereocenters. The first-order valence-electron chi connectivity index (χ1n) is 8.59. The van der Waals surface area contributed by atoms with Crippen LogP contribution < -0.4 is 21.3 Å². The summed E-state index contributed by atoms with van der Waals surface area (Å²) in [5.74, 6) is -0.190. The maximum Gasteiger partial charge on any atom is 0.200 e. The highest BCUT2D eigenvalue weighted by Gasteiger charge is 2.49. The molecule has 2 aliphatic rings. The molecule has 2 aromatic rings. The van der Waals surface area contributed by atoms with Gasteiger partial charge in [-0.25, -0.2) is 10.9 Å². The summed E-state index contributed by atoms with van der Waals surface area (Å²) in [5.41, 5.74) is 14.5. The van der Waals surface area contributed by atoms with E-state index in [1.165, 1.54) is 7.11 Å². The van der Waals surface area contributed by atoms with Crippen molar-refractivity contribution in [1.82, 2.24) is 15.8 Å². The summed E-state index contributed by atoms with van der Waals surface area (Å²) in [4.78, 5) is 4.20. The van der Waals surface area contributed by atoms with Crippen molar-refractivity contribution in [3.63, 3.8) is 0 Å². The van der Waals surface area contributed by atoms with Crippen molar-refractivity contribution in [3.05, 3.63) is 63.7 Å². The Bertz CT molecular complexity index is 976. The summed E-state index contributed by atoms with van der Waals surface area (Å²) < 4.78 is 11.5. The average molecular weight is 444 g/mol. The number of nitrogens with two attached hydrogens (primary N) is 1. The maximum atomic E-state index is 10.2. The van der Waals surface area contributed by atoms with Gasteiger partial charge in [-0.15, -0.1) is 0 Å². The van der Waals surface area contributed by atoms with Crippen molar-refractivity contribution < 1.29 is 14.6 Å². The van der Waals surface area contributed by atoms with Crippen LogP contribution in [-0.2, 0) is 4.74 Å². The van der Waals surface area contributed by atoms with Gasteiger partial charge in [0.2, 0.25) is 5.88 Å². The Morgan fingerprint density at radius 1 is 1.36 bits per heavy atom. The van der Waals surface area contributed by atoms with E-state index in [0.29, 0.717) is 15.8 Å². The first-order valence-corrected chi connectivity index (χ1v) is 9.38. The van der Waals surface area contributed by atoms with Crippen LogP contribution >= 0.6 is 15.9 Å². The summed E-state index contributed by atoms with van der Waals surface area (Å²) in [6.45, 7) is 0. The molecule has 28 heavy (non-hydrogen) atoms. The molecular formula is C19H18BrN5O3. The number of rotatable bonds is 3. The van der Waals surface area contributed by atoms with E-state index in [1.54, 1.807) is 24.5 Å². The van der Waals surface area contributed by atoms with Gasteiger partial charge in [-0.2, -0.15) is 5.26 Å². The van der Waals surface area contributed by atoms with Crippen LogP contribution in [0.2, 0.25) is 0 Å². The average Bonchev–Trinajstić information content (AvgIpc) is 3.12. The highest BCUT2D eigenvalue weighted by molar-refractivity contribution is 9.10. The number of phenolic OH excluding ortho intramolecular Hbond substituents is 1. The van der Waals surface area contributed by atoms with Crippen LogP contribution in [0.3, 0.4) is 0 Å². The highest BCUT2D eigenvalue weighted by Crippen LogP contribution is 2.49. The van der Waals surface area contributed by atoms with Crippen LogP contribution in [-0.4, -0.2) is 23.4 Å². The van der Waals surface area contributed by atoms with Crippen molar-refractivity contribution in [2.75, 3.05) is 7.11 Å². The van der Waals surface area contributed by atoms with Gasteiger partial charge in [0.05, 0.1) is 23.2 Å². The summed E-state index contributed by atoms with van der Waals surface area (Å²) in [6, 6.07) is 9.35. The van der Waals surface area contributed by atoms with Gasteiger partial charge in [-0.3, -0.25) is 4.98 Å². The maximum absolute atomic E-state index is 10.2. The topological polar surface area (TPSA) is 125 Å². The van der Waals surface area contributed by atoms with Crippen LogP contribution in [0, 0.1) is 17.2 Å². The van der Waals surface area contributed by atoms with Crippen LogP contribution in [0.4, 0.5) is 0 Å². The van der Waals surface area contributed by atoms with Gasteiger partial charge in [-0.1, -0.05) is 6.07 Å². The van der Waals surface area contributed by atoms with E-state index in [-0.39, 0.29) is 29.5 Å².